The average Bonchev–Trinajstić information content (AvgIpc) is 3.21. The second-order valence-electron chi connectivity index (χ2n) is 6.52. The van der Waals surface area contributed by atoms with Gasteiger partial charge < -0.3 is 10.6 Å². The smallest absolute Gasteiger partial charge is 0.237 e. The molecule has 2 rings (SSSR count). The number of hydrogen-bond acceptors (Lipinski definition) is 2. The molecule has 110 valence electrons. The number of aryl methyl sites for hydroxylation is 1. The van der Waals surface area contributed by atoms with E-state index in [1.807, 2.05) is 13.0 Å². The van der Waals surface area contributed by atoms with Crippen LogP contribution >= 0.6 is 0 Å². The number of amides is 1. The largest absolute Gasteiger partial charge is 0.352 e. The number of carbonyl (C=O) groups excluding carboxylic acids is 1. The van der Waals surface area contributed by atoms with Gasteiger partial charge in [0.2, 0.25) is 5.91 Å². The second-order valence-corrected chi connectivity index (χ2v) is 6.52. The Morgan fingerprint density at radius 1 is 1.30 bits per heavy atom. The first-order valence-electron chi connectivity index (χ1n) is 7.58. The molecule has 20 heavy (non-hydrogen) atoms. The molecule has 0 heterocycles. The highest BCUT2D eigenvalue weighted by molar-refractivity contribution is 5.81. The minimum absolute atomic E-state index is 0.0455. The third-order valence-electron chi connectivity index (χ3n) is 3.81. The van der Waals surface area contributed by atoms with Crippen LogP contribution in [0, 0.1) is 0 Å². The van der Waals surface area contributed by atoms with E-state index in [1.54, 1.807) is 0 Å². The van der Waals surface area contributed by atoms with Crippen LogP contribution in [0.1, 0.15) is 45.6 Å². The summed E-state index contributed by atoms with van der Waals surface area (Å²) in [6.45, 7) is 6.27. The molecule has 0 spiro atoms. The number of nitrogens with one attached hydrogen (secondary N) is 2. The molecule has 1 unspecified atom stereocenters. The van der Waals surface area contributed by atoms with Gasteiger partial charge in [0.05, 0.1) is 6.04 Å². The third-order valence-corrected chi connectivity index (χ3v) is 3.81. The summed E-state index contributed by atoms with van der Waals surface area (Å²) in [4.78, 5) is 12.0. The summed E-state index contributed by atoms with van der Waals surface area (Å²) in [5, 5.41) is 6.50. The van der Waals surface area contributed by atoms with Gasteiger partial charge in [-0.2, -0.15) is 0 Å². The Labute approximate surface area is 122 Å². The van der Waals surface area contributed by atoms with Crippen LogP contribution in [-0.2, 0) is 11.2 Å². The second kappa shape index (κ2) is 6.40. The fourth-order valence-electron chi connectivity index (χ4n) is 2.38. The van der Waals surface area contributed by atoms with Gasteiger partial charge in [0.1, 0.15) is 0 Å². The van der Waals surface area contributed by atoms with Crippen molar-refractivity contribution >= 4 is 5.91 Å². The number of hydrogen-bond donors (Lipinski definition) is 2. The van der Waals surface area contributed by atoms with Crippen LogP contribution in [0.25, 0.3) is 0 Å². The van der Waals surface area contributed by atoms with Gasteiger partial charge in [0.15, 0.2) is 0 Å². The van der Waals surface area contributed by atoms with E-state index in [4.69, 9.17) is 0 Å². The zero-order valence-corrected chi connectivity index (χ0v) is 12.8. The molecule has 0 aromatic heterocycles. The first kappa shape index (κ1) is 15.0. The summed E-state index contributed by atoms with van der Waals surface area (Å²) >= 11 is 0. The maximum atomic E-state index is 12.0. The van der Waals surface area contributed by atoms with E-state index in [2.05, 4.69) is 48.7 Å². The van der Waals surface area contributed by atoms with Crippen molar-refractivity contribution < 1.29 is 4.79 Å². The van der Waals surface area contributed by atoms with Crippen LogP contribution < -0.4 is 10.6 Å². The molecule has 1 saturated carbocycles. The standard InChI is InChI=1S/C17H26N2O/c1-13(16(20)18-15-9-10-15)19-17(2,3)12-11-14-7-5-4-6-8-14/h4-8,13,15,19H,9-12H2,1-3H3,(H,18,20). The maximum Gasteiger partial charge on any atom is 0.237 e. The average molecular weight is 274 g/mol. The molecule has 0 aliphatic heterocycles. The van der Waals surface area contributed by atoms with Crippen molar-refractivity contribution in [1.82, 2.24) is 10.6 Å². The zero-order chi connectivity index (χ0) is 14.6. The van der Waals surface area contributed by atoms with Crippen molar-refractivity contribution in [3.8, 4) is 0 Å². The van der Waals surface area contributed by atoms with Crippen LogP contribution in [-0.4, -0.2) is 23.5 Å². The SMILES string of the molecule is CC(NC(C)(C)CCc1ccccc1)C(=O)NC1CC1. The Balaban J connectivity index is 1.78. The summed E-state index contributed by atoms with van der Waals surface area (Å²) in [6.07, 6.45) is 4.31. The quantitative estimate of drug-likeness (QED) is 0.802. The van der Waals surface area contributed by atoms with Crippen molar-refractivity contribution in [2.75, 3.05) is 0 Å². The highest BCUT2D eigenvalue weighted by Crippen LogP contribution is 2.19. The number of benzene rings is 1. The fraction of sp³-hybridized carbons (Fsp3) is 0.588. The molecule has 1 aromatic rings. The summed E-state index contributed by atoms with van der Waals surface area (Å²) < 4.78 is 0. The minimum atomic E-state index is -0.138. The molecule has 0 bridgehead atoms. The van der Waals surface area contributed by atoms with E-state index in [-0.39, 0.29) is 17.5 Å². The molecule has 1 atom stereocenters. The van der Waals surface area contributed by atoms with Gasteiger partial charge in [-0.15, -0.1) is 0 Å². The van der Waals surface area contributed by atoms with Crippen molar-refractivity contribution in [1.29, 1.82) is 0 Å². The molecular formula is C17H26N2O. The zero-order valence-electron chi connectivity index (χ0n) is 12.8. The Morgan fingerprint density at radius 3 is 2.55 bits per heavy atom. The lowest BCUT2D eigenvalue weighted by atomic mass is 9.94. The predicted molar refractivity (Wildman–Crippen MR) is 82.6 cm³/mol. The van der Waals surface area contributed by atoms with Crippen molar-refractivity contribution in [2.24, 2.45) is 0 Å². The van der Waals surface area contributed by atoms with E-state index >= 15 is 0 Å². The number of rotatable bonds is 7. The lowest BCUT2D eigenvalue weighted by molar-refractivity contribution is -0.123. The monoisotopic (exact) mass is 274 g/mol. The predicted octanol–water partition coefficient (Wildman–Crippen LogP) is 2.65. The third kappa shape index (κ3) is 4.97. The molecule has 1 amide bonds. The highest BCUT2D eigenvalue weighted by atomic mass is 16.2. The van der Waals surface area contributed by atoms with Crippen molar-refractivity contribution in [3.05, 3.63) is 35.9 Å². The van der Waals surface area contributed by atoms with E-state index in [0.717, 1.165) is 25.7 Å². The Morgan fingerprint density at radius 2 is 1.95 bits per heavy atom. The van der Waals surface area contributed by atoms with E-state index in [1.165, 1.54) is 5.56 Å². The minimum Gasteiger partial charge on any atom is -0.352 e. The van der Waals surface area contributed by atoms with E-state index in [9.17, 15) is 4.79 Å². The summed E-state index contributed by atoms with van der Waals surface area (Å²) in [5.74, 6) is 0.125. The van der Waals surface area contributed by atoms with Gasteiger partial charge in [-0.25, -0.2) is 0 Å². The summed E-state index contributed by atoms with van der Waals surface area (Å²) in [7, 11) is 0. The molecule has 3 nitrogen and oxygen atoms in total. The maximum absolute atomic E-state index is 12.0. The van der Waals surface area contributed by atoms with Gasteiger partial charge in [-0.05, 0) is 52.0 Å². The summed E-state index contributed by atoms with van der Waals surface area (Å²) in [5.41, 5.74) is 1.30. The Bertz CT molecular complexity index is 438. The van der Waals surface area contributed by atoms with Crippen LogP contribution in [0.15, 0.2) is 30.3 Å². The molecule has 3 heteroatoms. The Kier molecular flexibility index (Phi) is 4.81. The lowest BCUT2D eigenvalue weighted by Gasteiger charge is -2.30. The van der Waals surface area contributed by atoms with Crippen LogP contribution in [0.5, 0.6) is 0 Å². The normalized spacial score (nSPS) is 16.8. The van der Waals surface area contributed by atoms with Gasteiger partial charge >= 0.3 is 0 Å². The topological polar surface area (TPSA) is 41.1 Å². The molecule has 0 saturated heterocycles. The van der Waals surface area contributed by atoms with Crippen LogP contribution in [0.4, 0.5) is 0 Å². The van der Waals surface area contributed by atoms with E-state index in [0.29, 0.717) is 6.04 Å². The molecular weight excluding hydrogens is 248 g/mol. The molecule has 2 N–H and O–H groups in total. The number of carbonyl (C=O) groups is 1. The molecule has 1 aromatic carbocycles. The molecule has 1 aliphatic carbocycles. The van der Waals surface area contributed by atoms with Gasteiger partial charge in [-0.1, -0.05) is 30.3 Å². The first-order valence-corrected chi connectivity index (χ1v) is 7.58. The van der Waals surface area contributed by atoms with Gasteiger partial charge in [0.25, 0.3) is 0 Å². The fourth-order valence-corrected chi connectivity index (χ4v) is 2.38. The van der Waals surface area contributed by atoms with Crippen molar-refractivity contribution in [2.45, 2.75) is 64.1 Å². The van der Waals surface area contributed by atoms with Gasteiger partial charge in [0, 0.05) is 11.6 Å². The van der Waals surface area contributed by atoms with Crippen LogP contribution in [0.2, 0.25) is 0 Å². The highest BCUT2D eigenvalue weighted by Gasteiger charge is 2.28. The van der Waals surface area contributed by atoms with Crippen LogP contribution in [0.3, 0.4) is 0 Å². The molecule has 0 radical (unpaired) electrons. The van der Waals surface area contributed by atoms with Crippen molar-refractivity contribution in [3.63, 3.8) is 0 Å². The molecule has 1 aliphatic rings. The first-order chi connectivity index (χ1) is 9.46. The van der Waals surface area contributed by atoms with Gasteiger partial charge in [-0.3, -0.25) is 4.79 Å². The molecule has 1 fully saturated rings. The Hall–Kier alpha value is -1.35. The lowest BCUT2D eigenvalue weighted by Crippen LogP contribution is -2.52. The summed E-state index contributed by atoms with van der Waals surface area (Å²) in [6, 6.07) is 10.8. The van der Waals surface area contributed by atoms with E-state index < -0.39 is 0 Å².